The third kappa shape index (κ3) is 6.01. The van der Waals surface area contributed by atoms with Gasteiger partial charge in [-0.2, -0.15) is 0 Å². The molecule has 2 amide bonds. The number of rotatable bonds is 7. The molecule has 0 unspecified atom stereocenters. The van der Waals surface area contributed by atoms with Crippen molar-refractivity contribution in [3.8, 4) is 0 Å². The lowest BCUT2D eigenvalue weighted by Crippen LogP contribution is -2.40. The summed E-state index contributed by atoms with van der Waals surface area (Å²) in [6, 6.07) is 9.66. The summed E-state index contributed by atoms with van der Waals surface area (Å²) in [6.45, 7) is 2.45. The smallest absolute Gasteiger partial charge is 0.227 e. The van der Waals surface area contributed by atoms with Gasteiger partial charge in [0.1, 0.15) is 0 Å². The van der Waals surface area contributed by atoms with Gasteiger partial charge >= 0.3 is 0 Å². The first kappa shape index (κ1) is 15.2. The molecule has 0 aliphatic carbocycles. The van der Waals surface area contributed by atoms with Crippen LogP contribution < -0.4 is 10.6 Å². The summed E-state index contributed by atoms with van der Waals surface area (Å²) in [7, 11) is 1.53. The van der Waals surface area contributed by atoms with E-state index in [4.69, 9.17) is 4.74 Å². The number of nitrogens with one attached hydrogen (secondary N) is 2. The molecule has 2 N–H and O–H groups in total. The highest BCUT2D eigenvalue weighted by Gasteiger charge is 2.18. The van der Waals surface area contributed by atoms with Crippen LogP contribution in [0.2, 0.25) is 0 Å². The maximum absolute atomic E-state index is 12.0. The Morgan fingerprint density at radius 2 is 1.89 bits per heavy atom. The van der Waals surface area contributed by atoms with Crippen molar-refractivity contribution < 1.29 is 14.3 Å². The van der Waals surface area contributed by atoms with Crippen LogP contribution in [0.15, 0.2) is 30.3 Å². The Labute approximate surface area is 113 Å². The van der Waals surface area contributed by atoms with Gasteiger partial charge < -0.3 is 15.4 Å². The highest BCUT2D eigenvalue weighted by atomic mass is 16.5. The van der Waals surface area contributed by atoms with Gasteiger partial charge in [-0.15, -0.1) is 0 Å². The van der Waals surface area contributed by atoms with Gasteiger partial charge in [0.25, 0.3) is 0 Å². The first-order chi connectivity index (χ1) is 9.13. The number of ether oxygens (including phenoxy) is 1. The predicted octanol–water partition coefficient (Wildman–Crippen LogP) is 0.702. The molecule has 0 aliphatic rings. The monoisotopic (exact) mass is 264 g/mol. The van der Waals surface area contributed by atoms with E-state index in [-0.39, 0.29) is 30.9 Å². The number of benzene rings is 1. The van der Waals surface area contributed by atoms with Gasteiger partial charge in [0.15, 0.2) is 0 Å². The summed E-state index contributed by atoms with van der Waals surface area (Å²) in [5.74, 6) is -0.658. The average molecular weight is 264 g/mol. The summed E-state index contributed by atoms with van der Waals surface area (Å²) < 4.78 is 5.00. The Kier molecular flexibility index (Phi) is 6.60. The van der Waals surface area contributed by atoms with Crippen molar-refractivity contribution in [2.24, 2.45) is 5.92 Å². The molecule has 104 valence electrons. The van der Waals surface area contributed by atoms with E-state index in [0.29, 0.717) is 6.54 Å². The van der Waals surface area contributed by atoms with Crippen LogP contribution in [0.4, 0.5) is 0 Å². The minimum absolute atomic E-state index is 0.126. The topological polar surface area (TPSA) is 67.4 Å². The van der Waals surface area contributed by atoms with Crippen molar-refractivity contribution in [3.05, 3.63) is 35.9 Å². The van der Waals surface area contributed by atoms with E-state index in [1.807, 2.05) is 30.3 Å². The normalized spacial score (nSPS) is 11.7. The maximum atomic E-state index is 12.0. The Hall–Kier alpha value is -1.88. The number of carbonyl (C=O) groups is 2. The van der Waals surface area contributed by atoms with E-state index in [9.17, 15) is 9.59 Å². The zero-order chi connectivity index (χ0) is 14.1. The molecule has 0 radical (unpaired) electrons. The maximum Gasteiger partial charge on any atom is 0.227 e. The molecule has 0 aromatic heterocycles. The van der Waals surface area contributed by atoms with Gasteiger partial charge in [0.05, 0.1) is 12.5 Å². The quantitative estimate of drug-likeness (QED) is 0.762. The molecule has 1 rings (SSSR count). The third-order valence-corrected chi connectivity index (χ3v) is 2.65. The summed E-state index contributed by atoms with van der Waals surface area (Å²) in [4.78, 5) is 22.8. The van der Waals surface area contributed by atoms with Crippen LogP contribution in [-0.2, 0) is 20.9 Å². The van der Waals surface area contributed by atoms with Crippen LogP contribution in [0.3, 0.4) is 0 Å². The second kappa shape index (κ2) is 8.26. The predicted molar refractivity (Wildman–Crippen MR) is 72.3 cm³/mol. The highest BCUT2D eigenvalue weighted by molar-refractivity contribution is 5.80. The summed E-state index contributed by atoms with van der Waals surface area (Å²) >= 11 is 0. The SMILES string of the molecule is COC[C@@H](CNC(C)=O)C(=O)NCc1ccccc1. The minimum Gasteiger partial charge on any atom is -0.384 e. The zero-order valence-corrected chi connectivity index (χ0v) is 11.3. The van der Waals surface area contributed by atoms with Crippen molar-refractivity contribution in [2.45, 2.75) is 13.5 Å². The molecule has 5 nitrogen and oxygen atoms in total. The molecule has 0 saturated heterocycles. The molecule has 0 heterocycles. The zero-order valence-electron chi connectivity index (χ0n) is 11.3. The van der Waals surface area contributed by atoms with Gasteiger partial charge in [-0.3, -0.25) is 9.59 Å². The van der Waals surface area contributed by atoms with Crippen molar-refractivity contribution >= 4 is 11.8 Å². The lowest BCUT2D eigenvalue weighted by atomic mass is 10.1. The molecule has 0 spiro atoms. The molecule has 1 aromatic rings. The summed E-state index contributed by atoms with van der Waals surface area (Å²) in [5, 5.41) is 5.47. The third-order valence-electron chi connectivity index (χ3n) is 2.65. The lowest BCUT2D eigenvalue weighted by molar-refractivity contribution is -0.127. The van der Waals surface area contributed by atoms with E-state index < -0.39 is 0 Å². The standard InChI is InChI=1S/C14H20N2O3/c1-11(17)15-9-13(10-19-2)14(18)16-8-12-6-4-3-5-7-12/h3-7,13H,8-10H2,1-2H3,(H,15,17)(H,16,18)/t13-/m1/s1. The Bertz CT molecular complexity index is 406. The molecule has 0 saturated carbocycles. The van der Waals surface area contributed by atoms with Gasteiger partial charge in [-0.1, -0.05) is 30.3 Å². The van der Waals surface area contributed by atoms with Crippen LogP contribution in [0.5, 0.6) is 0 Å². The van der Waals surface area contributed by atoms with Crippen molar-refractivity contribution in [3.63, 3.8) is 0 Å². The number of hydrogen-bond donors (Lipinski definition) is 2. The fraction of sp³-hybridized carbons (Fsp3) is 0.429. The second-order valence-electron chi connectivity index (χ2n) is 4.29. The van der Waals surface area contributed by atoms with Crippen molar-refractivity contribution in [2.75, 3.05) is 20.3 Å². The van der Waals surface area contributed by atoms with Crippen LogP contribution in [0.1, 0.15) is 12.5 Å². The molecule has 0 fully saturated rings. The van der Waals surface area contributed by atoms with Crippen molar-refractivity contribution in [1.82, 2.24) is 10.6 Å². The molecule has 5 heteroatoms. The highest BCUT2D eigenvalue weighted by Crippen LogP contribution is 2.00. The Morgan fingerprint density at radius 1 is 1.21 bits per heavy atom. The fourth-order valence-electron chi connectivity index (χ4n) is 1.62. The van der Waals surface area contributed by atoms with E-state index in [0.717, 1.165) is 5.56 Å². The van der Waals surface area contributed by atoms with Crippen LogP contribution in [0, 0.1) is 5.92 Å². The van der Waals surface area contributed by atoms with Gasteiger partial charge in [-0.25, -0.2) is 0 Å². The van der Waals surface area contributed by atoms with E-state index in [1.54, 1.807) is 0 Å². The first-order valence-electron chi connectivity index (χ1n) is 6.18. The van der Waals surface area contributed by atoms with Crippen LogP contribution in [0.25, 0.3) is 0 Å². The number of hydrogen-bond acceptors (Lipinski definition) is 3. The molecule has 0 bridgehead atoms. The van der Waals surface area contributed by atoms with Crippen LogP contribution in [-0.4, -0.2) is 32.1 Å². The second-order valence-corrected chi connectivity index (χ2v) is 4.29. The number of amides is 2. The molecule has 1 aromatic carbocycles. The minimum atomic E-state index is -0.377. The van der Waals surface area contributed by atoms with Crippen LogP contribution >= 0.6 is 0 Å². The number of methoxy groups -OCH3 is 1. The number of carbonyl (C=O) groups excluding carboxylic acids is 2. The van der Waals surface area contributed by atoms with E-state index >= 15 is 0 Å². The lowest BCUT2D eigenvalue weighted by Gasteiger charge is -2.16. The van der Waals surface area contributed by atoms with E-state index in [1.165, 1.54) is 14.0 Å². The molecule has 0 aliphatic heterocycles. The first-order valence-corrected chi connectivity index (χ1v) is 6.18. The summed E-state index contributed by atoms with van der Waals surface area (Å²) in [5.41, 5.74) is 1.03. The Morgan fingerprint density at radius 3 is 2.47 bits per heavy atom. The summed E-state index contributed by atoms with van der Waals surface area (Å²) in [6.07, 6.45) is 0. The Balaban J connectivity index is 2.45. The molecular weight excluding hydrogens is 244 g/mol. The van der Waals surface area contributed by atoms with Crippen molar-refractivity contribution in [1.29, 1.82) is 0 Å². The molecular formula is C14H20N2O3. The van der Waals surface area contributed by atoms with E-state index in [2.05, 4.69) is 10.6 Å². The van der Waals surface area contributed by atoms with Gasteiger partial charge in [0, 0.05) is 27.1 Å². The largest absolute Gasteiger partial charge is 0.384 e. The fourth-order valence-corrected chi connectivity index (χ4v) is 1.62. The average Bonchev–Trinajstić information content (AvgIpc) is 2.41. The van der Waals surface area contributed by atoms with Gasteiger partial charge in [-0.05, 0) is 5.56 Å². The van der Waals surface area contributed by atoms with Gasteiger partial charge in [0.2, 0.25) is 11.8 Å². The molecule has 19 heavy (non-hydrogen) atoms. The molecule has 1 atom stereocenters.